The second-order valence-electron chi connectivity index (χ2n) is 6.25. The Kier molecular flexibility index (Phi) is 4.81. The normalized spacial score (nSPS) is 15.1. The van der Waals surface area contributed by atoms with Crippen molar-refractivity contribution in [3.63, 3.8) is 0 Å². The Bertz CT molecular complexity index is 750. The predicted octanol–water partition coefficient (Wildman–Crippen LogP) is 3.66. The Morgan fingerprint density at radius 3 is 2.36 bits per heavy atom. The summed E-state index contributed by atoms with van der Waals surface area (Å²) in [6.45, 7) is 2.29. The van der Waals surface area contributed by atoms with Crippen molar-refractivity contribution in [2.75, 3.05) is 26.7 Å². The molecule has 1 saturated heterocycles. The van der Waals surface area contributed by atoms with E-state index in [9.17, 15) is 18.0 Å². The zero-order chi connectivity index (χ0) is 18.0. The summed E-state index contributed by atoms with van der Waals surface area (Å²) in [5.74, 6) is 0.384. The maximum Gasteiger partial charge on any atom is 0.417 e. The smallest absolute Gasteiger partial charge is 0.338 e. The number of carbonyl (C=O) groups excluding carboxylic acids is 1. The second-order valence-corrected chi connectivity index (χ2v) is 6.25. The lowest BCUT2D eigenvalue weighted by atomic mass is 9.96. The molecular weight excluding hydrogens is 329 g/mol. The van der Waals surface area contributed by atoms with Gasteiger partial charge in [-0.25, -0.2) is 0 Å². The quantitative estimate of drug-likeness (QED) is 0.914. The molecule has 1 aliphatic rings. The molecule has 1 amide bonds. The Balaban J connectivity index is 1.77. The van der Waals surface area contributed by atoms with Crippen molar-refractivity contribution in [3.8, 4) is 11.1 Å². The van der Waals surface area contributed by atoms with Gasteiger partial charge in [-0.15, -0.1) is 0 Å². The number of benzene rings is 2. The average Bonchev–Trinajstić information content (AvgIpc) is 2.56. The number of nitrogens with one attached hydrogen (secondary N) is 1. The summed E-state index contributed by atoms with van der Waals surface area (Å²) in [4.78, 5) is 14.1. The van der Waals surface area contributed by atoms with E-state index in [1.807, 2.05) is 7.05 Å². The number of alkyl halides is 3. The van der Waals surface area contributed by atoms with Gasteiger partial charge < -0.3 is 10.2 Å². The van der Waals surface area contributed by atoms with Crippen LogP contribution in [-0.4, -0.2) is 37.5 Å². The molecule has 0 unspecified atom stereocenters. The van der Waals surface area contributed by atoms with E-state index in [2.05, 4.69) is 5.32 Å². The minimum absolute atomic E-state index is 0.0805. The number of rotatable bonds is 4. The molecule has 0 radical (unpaired) electrons. The Hall–Kier alpha value is -2.34. The van der Waals surface area contributed by atoms with Gasteiger partial charge in [0.05, 0.1) is 5.56 Å². The van der Waals surface area contributed by atoms with Gasteiger partial charge in [-0.2, -0.15) is 13.2 Å². The lowest BCUT2D eigenvalue weighted by molar-refractivity contribution is -0.137. The first-order valence-electron chi connectivity index (χ1n) is 8.10. The highest BCUT2D eigenvalue weighted by Gasteiger charge is 2.33. The molecule has 2 aromatic carbocycles. The van der Waals surface area contributed by atoms with Crippen LogP contribution in [0.1, 0.15) is 15.9 Å². The minimum atomic E-state index is -4.41. The zero-order valence-electron chi connectivity index (χ0n) is 13.8. The van der Waals surface area contributed by atoms with Crippen LogP contribution in [0.3, 0.4) is 0 Å². The topological polar surface area (TPSA) is 32.3 Å². The van der Waals surface area contributed by atoms with Gasteiger partial charge in [-0.05, 0) is 36.4 Å². The van der Waals surface area contributed by atoms with Crippen molar-refractivity contribution in [1.29, 1.82) is 0 Å². The number of nitrogens with zero attached hydrogens (tertiary/aromatic N) is 1. The molecule has 0 saturated carbocycles. The van der Waals surface area contributed by atoms with Gasteiger partial charge in [-0.3, -0.25) is 4.79 Å². The Labute approximate surface area is 144 Å². The Morgan fingerprint density at radius 2 is 1.76 bits per heavy atom. The SMILES string of the molecule is CNCC1CN(C(=O)c2ccc(-c3ccccc3C(F)(F)F)cc2)C1. The molecule has 25 heavy (non-hydrogen) atoms. The van der Waals surface area contributed by atoms with E-state index in [0.717, 1.165) is 12.6 Å². The van der Waals surface area contributed by atoms with Gasteiger partial charge in [0.2, 0.25) is 0 Å². The molecule has 0 aromatic heterocycles. The summed E-state index contributed by atoms with van der Waals surface area (Å²) >= 11 is 0. The first-order chi connectivity index (χ1) is 11.9. The van der Waals surface area contributed by atoms with Crippen molar-refractivity contribution in [1.82, 2.24) is 10.2 Å². The number of halogens is 3. The van der Waals surface area contributed by atoms with Crippen LogP contribution in [0.15, 0.2) is 48.5 Å². The fourth-order valence-electron chi connectivity index (χ4n) is 3.11. The monoisotopic (exact) mass is 348 g/mol. The number of hydrogen-bond donors (Lipinski definition) is 1. The summed E-state index contributed by atoms with van der Waals surface area (Å²) < 4.78 is 39.4. The standard InChI is InChI=1S/C19H19F3N2O/c1-23-10-13-11-24(12-13)18(25)15-8-6-14(7-9-15)16-4-2-3-5-17(16)19(20,21)22/h2-9,13,23H,10-12H2,1H3. The number of likely N-dealkylation sites (tertiary alicyclic amines) is 1. The number of carbonyl (C=O) groups is 1. The fourth-order valence-corrected chi connectivity index (χ4v) is 3.11. The molecule has 2 aromatic rings. The van der Waals surface area contributed by atoms with Gasteiger partial charge in [0.15, 0.2) is 0 Å². The van der Waals surface area contributed by atoms with Crippen LogP contribution < -0.4 is 5.32 Å². The number of amides is 1. The van der Waals surface area contributed by atoms with Crippen LogP contribution in [-0.2, 0) is 6.18 Å². The highest BCUT2D eigenvalue weighted by atomic mass is 19.4. The molecule has 0 spiro atoms. The van der Waals surface area contributed by atoms with Crippen LogP contribution >= 0.6 is 0 Å². The van der Waals surface area contributed by atoms with E-state index in [0.29, 0.717) is 30.1 Å². The Morgan fingerprint density at radius 1 is 1.12 bits per heavy atom. The molecule has 3 rings (SSSR count). The molecular formula is C19H19F3N2O. The zero-order valence-corrected chi connectivity index (χ0v) is 13.8. The second kappa shape index (κ2) is 6.88. The van der Waals surface area contributed by atoms with E-state index in [-0.39, 0.29) is 11.5 Å². The molecule has 6 heteroatoms. The molecule has 1 aliphatic heterocycles. The van der Waals surface area contributed by atoms with E-state index in [1.165, 1.54) is 12.1 Å². The van der Waals surface area contributed by atoms with Gasteiger partial charge in [0.1, 0.15) is 0 Å². The number of hydrogen-bond acceptors (Lipinski definition) is 2. The molecule has 0 bridgehead atoms. The van der Waals surface area contributed by atoms with E-state index < -0.39 is 11.7 Å². The van der Waals surface area contributed by atoms with Crippen molar-refractivity contribution in [2.45, 2.75) is 6.18 Å². The maximum atomic E-state index is 13.1. The van der Waals surface area contributed by atoms with Crippen molar-refractivity contribution >= 4 is 5.91 Å². The molecule has 3 nitrogen and oxygen atoms in total. The lowest BCUT2D eigenvalue weighted by Gasteiger charge is -2.39. The van der Waals surface area contributed by atoms with Crippen molar-refractivity contribution < 1.29 is 18.0 Å². The third-order valence-corrected chi connectivity index (χ3v) is 4.41. The molecule has 0 aliphatic carbocycles. The largest absolute Gasteiger partial charge is 0.417 e. The summed E-state index contributed by atoms with van der Waals surface area (Å²) in [5, 5.41) is 3.08. The van der Waals surface area contributed by atoms with Crippen LogP contribution in [0.2, 0.25) is 0 Å². The first-order valence-corrected chi connectivity index (χ1v) is 8.10. The van der Waals surface area contributed by atoms with Crippen LogP contribution in [0, 0.1) is 5.92 Å². The van der Waals surface area contributed by atoms with E-state index in [1.54, 1.807) is 35.2 Å². The maximum absolute atomic E-state index is 13.1. The molecule has 1 fully saturated rings. The highest BCUT2D eigenvalue weighted by molar-refractivity contribution is 5.95. The minimum Gasteiger partial charge on any atom is -0.338 e. The van der Waals surface area contributed by atoms with Crippen LogP contribution in [0.5, 0.6) is 0 Å². The summed E-state index contributed by atoms with van der Waals surface area (Å²) in [5.41, 5.74) is 0.385. The molecule has 0 atom stereocenters. The third-order valence-electron chi connectivity index (χ3n) is 4.41. The third kappa shape index (κ3) is 3.69. The molecule has 1 heterocycles. The molecule has 132 valence electrons. The lowest BCUT2D eigenvalue weighted by Crippen LogP contribution is -2.52. The van der Waals surface area contributed by atoms with Crippen molar-refractivity contribution in [3.05, 3.63) is 59.7 Å². The highest BCUT2D eigenvalue weighted by Crippen LogP contribution is 2.37. The first kappa shape index (κ1) is 17.5. The average molecular weight is 348 g/mol. The van der Waals surface area contributed by atoms with Gasteiger partial charge in [-0.1, -0.05) is 30.3 Å². The van der Waals surface area contributed by atoms with E-state index >= 15 is 0 Å². The van der Waals surface area contributed by atoms with Gasteiger partial charge >= 0.3 is 6.18 Å². The summed E-state index contributed by atoms with van der Waals surface area (Å²) in [7, 11) is 1.88. The van der Waals surface area contributed by atoms with Gasteiger partial charge in [0.25, 0.3) is 5.91 Å². The van der Waals surface area contributed by atoms with Gasteiger partial charge in [0, 0.05) is 31.1 Å². The summed E-state index contributed by atoms with van der Waals surface area (Å²) in [6, 6.07) is 11.8. The molecule has 1 N–H and O–H groups in total. The van der Waals surface area contributed by atoms with E-state index in [4.69, 9.17) is 0 Å². The van der Waals surface area contributed by atoms with Crippen LogP contribution in [0.25, 0.3) is 11.1 Å². The van der Waals surface area contributed by atoms with Crippen molar-refractivity contribution in [2.24, 2.45) is 5.92 Å². The fraction of sp³-hybridized carbons (Fsp3) is 0.316. The predicted molar refractivity (Wildman–Crippen MR) is 90.2 cm³/mol. The van der Waals surface area contributed by atoms with Crippen LogP contribution in [0.4, 0.5) is 13.2 Å². The summed E-state index contributed by atoms with van der Waals surface area (Å²) in [6.07, 6.45) is -4.41.